The van der Waals surface area contributed by atoms with E-state index in [-0.39, 0.29) is 23.3 Å². The monoisotopic (exact) mass is 251 g/mol. The molecule has 5 nitrogen and oxygen atoms in total. The summed E-state index contributed by atoms with van der Waals surface area (Å²) in [5, 5.41) is 6.42. The lowest BCUT2D eigenvalue weighted by Gasteiger charge is -2.45. The van der Waals surface area contributed by atoms with Crippen LogP contribution in [0.15, 0.2) is 17.0 Å². The van der Waals surface area contributed by atoms with Crippen LogP contribution in [0.4, 0.5) is 5.69 Å². The van der Waals surface area contributed by atoms with Gasteiger partial charge in [0.05, 0.1) is 6.20 Å². The van der Waals surface area contributed by atoms with Crippen LogP contribution in [-0.2, 0) is 4.79 Å². The smallest absolute Gasteiger partial charge is 0.228 e. The van der Waals surface area contributed by atoms with Gasteiger partial charge in [-0.05, 0) is 24.2 Å². The first kappa shape index (κ1) is 13.1. The average molecular weight is 251 g/mol. The highest BCUT2D eigenvalue weighted by molar-refractivity contribution is 5.92. The molecule has 1 amide bonds. The number of anilines is 1. The molecule has 5 heteroatoms. The van der Waals surface area contributed by atoms with Crippen molar-refractivity contribution in [3.63, 3.8) is 0 Å². The molecule has 0 aliphatic heterocycles. The topological polar surface area (TPSA) is 81.2 Å². The summed E-state index contributed by atoms with van der Waals surface area (Å²) in [7, 11) is 0. The zero-order valence-electron chi connectivity index (χ0n) is 11.1. The van der Waals surface area contributed by atoms with E-state index in [0.717, 1.165) is 12.8 Å². The molecule has 1 saturated carbocycles. The predicted octanol–water partition coefficient (Wildman–Crippen LogP) is 2.01. The van der Waals surface area contributed by atoms with Gasteiger partial charge in [-0.25, -0.2) is 0 Å². The first-order chi connectivity index (χ1) is 8.43. The lowest BCUT2D eigenvalue weighted by atomic mass is 9.61. The number of nitrogens with one attached hydrogen (secondary N) is 1. The average Bonchev–Trinajstić information content (AvgIpc) is 2.78. The number of nitrogens with zero attached hydrogens (tertiary/aromatic N) is 1. The summed E-state index contributed by atoms with van der Waals surface area (Å²) in [4.78, 5) is 12.3. The second kappa shape index (κ2) is 4.72. The highest BCUT2D eigenvalue weighted by Crippen LogP contribution is 2.44. The van der Waals surface area contributed by atoms with E-state index in [2.05, 4.69) is 31.2 Å². The molecule has 0 aromatic carbocycles. The van der Waals surface area contributed by atoms with Crippen molar-refractivity contribution >= 4 is 11.6 Å². The lowest BCUT2D eigenvalue weighted by molar-refractivity contribution is -0.127. The fraction of sp³-hybridized carbons (Fsp3) is 0.692. The Morgan fingerprint density at radius 3 is 2.89 bits per heavy atom. The lowest BCUT2D eigenvalue weighted by Crippen LogP contribution is -2.50. The van der Waals surface area contributed by atoms with E-state index in [1.54, 1.807) is 0 Å². The Hall–Kier alpha value is -1.36. The molecule has 0 radical (unpaired) electrons. The Kier molecular flexibility index (Phi) is 3.43. The molecule has 1 aromatic rings. The van der Waals surface area contributed by atoms with Crippen molar-refractivity contribution in [1.82, 2.24) is 5.16 Å². The van der Waals surface area contributed by atoms with Gasteiger partial charge in [0.25, 0.3) is 0 Å². The van der Waals surface area contributed by atoms with Crippen LogP contribution in [0.25, 0.3) is 0 Å². The number of rotatable bonds is 2. The second-order valence-electron chi connectivity index (χ2n) is 5.81. The molecule has 3 unspecified atom stereocenters. The van der Waals surface area contributed by atoms with E-state index in [9.17, 15) is 4.79 Å². The van der Waals surface area contributed by atoms with Crippen molar-refractivity contribution in [1.29, 1.82) is 0 Å². The van der Waals surface area contributed by atoms with E-state index in [4.69, 9.17) is 10.3 Å². The molecular weight excluding hydrogens is 230 g/mol. The molecule has 2 rings (SSSR count). The van der Waals surface area contributed by atoms with Crippen LogP contribution in [-0.4, -0.2) is 17.1 Å². The second-order valence-corrected chi connectivity index (χ2v) is 5.81. The number of hydrogen-bond donors (Lipinski definition) is 2. The molecule has 3 N–H and O–H groups in total. The first-order valence-corrected chi connectivity index (χ1v) is 6.38. The summed E-state index contributed by atoms with van der Waals surface area (Å²) in [6, 6.07) is 0.180. The minimum atomic E-state index is -0.0983. The zero-order chi connectivity index (χ0) is 13.3. The number of carbonyl (C=O) groups excluding carboxylic acids is 1. The molecule has 1 aliphatic carbocycles. The fourth-order valence-corrected chi connectivity index (χ4v) is 2.82. The van der Waals surface area contributed by atoms with Gasteiger partial charge >= 0.3 is 0 Å². The molecule has 3 atom stereocenters. The number of carbonyl (C=O) groups is 1. The van der Waals surface area contributed by atoms with Gasteiger partial charge in [0.1, 0.15) is 12.0 Å². The van der Waals surface area contributed by atoms with E-state index < -0.39 is 0 Å². The standard InChI is InChI=1S/C13H21N3O2/c1-8-11(14)5-4-10(13(8,2)3)12(17)16-9-6-15-18-7-9/h6-8,10-11H,4-5,14H2,1-3H3,(H,16,17). The molecule has 0 bridgehead atoms. The molecule has 0 saturated heterocycles. The molecule has 18 heavy (non-hydrogen) atoms. The zero-order valence-corrected chi connectivity index (χ0v) is 11.1. The van der Waals surface area contributed by atoms with Crippen LogP contribution in [0.1, 0.15) is 33.6 Å². The van der Waals surface area contributed by atoms with Gasteiger partial charge in [-0.2, -0.15) is 0 Å². The number of hydrogen-bond acceptors (Lipinski definition) is 4. The Bertz CT molecular complexity index is 414. The molecule has 1 heterocycles. The van der Waals surface area contributed by atoms with E-state index in [1.165, 1.54) is 12.5 Å². The maximum atomic E-state index is 12.3. The maximum Gasteiger partial charge on any atom is 0.228 e. The molecule has 1 fully saturated rings. The van der Waals surface area contributed by atoms with Gasteiger partial charge < -0.3 is 15.6 Å². The highest BCUT2D eigenvalue weighted by atomic mass is 16.5. The van der Waals surface area contributed by atoms with Crippen LogP contribution >= 0.6 is 0 Å². The van der Waals surface area contributed by atoms with Crippen LogP contribution < -0.4 is 11.1 Å². The van der Waals surface area contributed by atoms with E-state index >= 15 is 0 Å². The highest BCUT2D eigenvalue weighted by Gasteiger charge is 2.44. The van der Waals surface area contributed by atoms with Crippen molar-refractivity contribution in [2.45, 2.75) is 39.7 Å². The van der Waals surface area contributed by atoms with Gasteiger partial charge in [0, 0.05) is 12.0 Å². The van der Waals surface area contributed by atoms with Crippen molar-refractivity contribution in [3.8, 4) is 0 Å². The summed E-state index contributed by atoms with van der Waals surface area (Å²) in [6.07, 6.45) is 4.66. The fourth-order valence-electron chi connectivity index (χ4n) is 2.82. The van der Waals surface area contributed by atoms with Crippen molar-refractivity contribution in [3.05, 3.63) is 12.5 Å². The summed E-state index contributed by atoms with van der Waals surface area (Å²) < 4.78 is 4.71. The van der Waals surface area contributed by atoms with Gasteiger partial charge in [-0.3, -0.25) is 4.79 Å². The maximum absolute atomic E-state index is 12.3. The molecule has 1 aliphatic rings. The predicted molar refractivity (Wildman–Crippen MR) is 68.8 cm³/mol. The van der Waals surface area contributed by atoms with Crippen LogP contribution in [0, 0.1) is 17.3 Å². The summed E-state index contributed by atoms with van der Waals surface area (Å²) >= 11 is 0. The van der Waals surface area contributed by atoms with E-state index in [0.29, 0.717) is 11.6 Å². The van der Waals surface area contributed by atoms with Gasteiger partial charge in [-0.15, -0.1) is 0 Å². The minimum absolute atomic E-state index is 0.0257. The van der Waals surface area contributed by atoms with Gasteiger partial charge in [0.2, 0.25) is 5.91 Å². The molecule has 100 valence electrons. The normalized spacial score (nSPS) is 31.0. The van der Waals surface area contributed by atoms with Crippen molar-refractivity contribution in [2.24, 2.45) is 23.0 Å². The Balaban J connectivity index is 2.10. The van der Waals surface area contributed by atoms with Crippen LogP contribution in [0.5, 0.6) is 0 Å². The largest absolute Gasteiger partial charge is 0.363 e. The summed E-state index contributed by atoms with van der Waals surface area (Å²) in [6.45, 7) is 6.37. The third-order valence-corrected chi connectivity index (χ3v) is 4.52. The molecule has 0 spiro atoms. The van der Waals surface area contributed by atoms with Crippen molar-refractivity contribution < 1.29 is 9.32 Å². The molecule has 1 aromatic heterocycles. The Morgan fingerprint density at radius 1 is 1.56 bits per heavy atom. The van der Waals surface area contributed by atoms with Crippen LogP contribution in [0.3, 0.4) is 0 Å². The quantitative estimate of drug-likeness (QED) is 0.842. The minimum Gasteiger partial charge on any atom is -0.363 e. The number of nitrogens with two attached hydrogens (primary N) is 1. The third kappa shape index (κ3) is 2.27. The Morgan fingerprint density at radius 2 is 2.28 bits per heavy atom. The number of amides is 1. The van der Waals surface area contributed by atoms with Crippen molar-refractivity contribution in [2.75, 3.05) is 5.32 Å². The Labute approximate surface area is 107 Å². The summed E-state index contributed by atoms with van der Waals surface area (Å²) in [5.41, 5.74) is 6.61. The number of aromatic nitrogens is 1. The van der Waals surface area contributed by atoms with Gasteiger partial charge in [0.15, 0.2) is 0 Å². The first-order valence-electron chi connectivity index (χ1n) is 6.38. The van der Waals surface area contributed by atoms with Crippen LogP contribution in [0.2, 0.25) is 0 Å². The van der Waals surface area contributed by atoms with E-state index in [1.807, 2.05) is 0 Å². The molecular formula is C13H21N3O2. The summed E-state index contributed by atoms with van der Waals surface area (Å²) in [5.74, 6) is 0.327. The SMILES string of the molecule is CC1C(N)CCC(C(=O)Nc2cnoc2)C1(C)C. The third-order valence-electron chi connectivity index (χ3n) is 4.52. The van der Waals surface area contributed by atoms with Gasteiger partial charge in [-0.1, -0.05) is 25.9 Å².